The highest BCUT2D eigenvalue weighted by Crippen LogP contribution is 2.38. The van der Waals surface area contributed by atoms with E-state index < -0.39 is 21.2 Å². The fourth-order valence-electron chi connectivity index (χ4n) is 2.70. The number of hydrogen-bond acceptors (Lipinski definition) is 5. The van der Waals surface area contributed by atoms with Crippen molar-refractivity contribution in [2.45, 2.75) is 0 Å². The Kier molecular flexibility index (Phi) is 4.62. The molecule has 0 atom stereocenters. The van der Waals surface area contributed by atoms with Crippen LogP contribution in [0.3, 0.4) is 0 Å². The average molecular weight is 350 g/mol. The van der Waals surface area contributed by atoms with Crippen LogP contribution in [0.2, 0.25) is 0 Å². The molecule has 0 saturated carbocycles. The normalized spacial score (nSPS) is 11.0. The summed E-state index contributed by atoms with van der Waals surface area (Å²) in [6.07, 6.45) is 3.35. The standard InChI is InChI=1S/C19H14N2O5/c1-26-19-17(20(22)23)11-14(12-18(19)21(24)25)7-6-13-8-9-15-4-2-3-5-16(15)10-13/h2-12H,1H3/b7-6+. The molecular formula is C19H14N2O5. The zero-order valence-corrected chi connectivity index (χ0v) is 13.8. The number of hydrogen-bond donors (Lipinski definition) is 0. The van der Waals surface area contributed by atoms with Crippen LogP contribution in [-0.2, 0) is 0 Å². The van der Waals surface area contributed by atoms with Gasteiger partial charge < -0.3 is 4.74 Å². The summed E-state index contributed by atoms with van der Waals surface area (Å²) in [7, 11) is 1.17. The van der Waals surface area contributed by atoms with Crippen LogP contribution in [0.5, 0.6) is 5.75 Å². The van der Waals surface area contributed by atoms with E-state index in [1.54, 1.807) is 12.2 Å². The highest BCUT2D eigenvalue weighted by atomic mass is 16.6. The van der Waals surface area contributed by atoms with Crippen molar-refractivity contribution in [2.24, 2.45) is 0 Å². The molecule has 0 spiro atoms. The second kappa shape index (κ2) is 7.02. The molecule has 0 heterocycles. The molecule has 7 nitrogen and oxygen atoms in total. The van der Waals surface area contributed by atoms with E-state index in [2.05, 4.69) is 0 Å². The van der Waals surface area contributed by atoms with Crippen LogP contribution in [-0.4, -0.2) is 17.0 Å². The van der Waals surface area contributed by atoms with Crippen molar-refractivity contribution in [3.05, 3.63) is 86.0 Å². The summed E-state index contributed by atoms with van der Waals surface area (Å²) < 4.78 is 4.86. The SMILES string of the molecule is COc1c([N+](=O)[O-])cc(/C=C/c2ccc3ccccc3c2)cc1[N+](=O)[O-]. The molecule has 0 amide bonds. The van der Waals surface area contributed by atoms with Crippen LogP contribution in [0.15, 0.2) is 54.6 Å². The minimum absolute atomic E-state index is 0.345. The maximum atomic E-state index is 11.2. The minimum atomic E-state index is -0.695. The Bertz CT molecular complexity index is 1010. The number of rotatable bonds is 5. The van der Waals surface area contributed by atoms with Gasteiger partial charge >= 0.3 is 11.4 Å². The first-order valence-electron chi connectivity index (χ1n) is 7.67. The summed E-state index contributed by atoms with van der Waals surface area (Å²) in [6, 6.07) is 16.2. The zero-order chi connectivity index (χ0) is 18.7. The second-order valence-electron chi connectivity index (χ2n) is 5.55. The van der Waals surface area contributed by atoms with E-state index in [-0.39, 0.29) is 5.75 Å². The zero-order valence-electron chi connectivity index (χ0n) is 13.8. The Morgan fingerprint density at radius 3 is 1.96 bits per heavy atom. The van der Waals surface area contributed by atoms with Gasteiger partial charge in [-0.05, 0) is 28.0 Å². The maximum absolute atomic E-state index is 11.2. The van der Waals surface area contributed by atoms with E-state index in [4.69, 9.17) is 4.74 Å². The first-order valence-corrected chi connectivity index (χ1v) is 7.67. The number of benzene rings is 3. The van der Waals surface area contributed by atoms with Gasteiger partial charge in [0.1, 0.15) is 0 Å². The van der Waals surface area contributed by atoms with Gasteiger partial charge in [0.25, 0.3) is 5.75 Å². The van der Waals surface area contributed by atoms with E-state index in [1.807, 2.05) is 42.5 Å². The lowest BCUT2D eigenvalue weighted by Crippen LogP contribution is -1.99. The third kappa shape index (κ3) is 3.36. The lowest BCUT2D eigenvalue weighted by Gasteiger charge is -2.04. The smallest absolute Gasteiger partial charge is 0.318 e. The third-order valence-corrected chi connectivity index (χ3v) is 3.91. The summed E-state index contributed by atoms with van der Waals surface area (Å²) in [4.78, 5) is 21.0. The van der Waals surface area contributed by atoms with E-state index in [0.717, 1.165) is 16.3 Å². The third-order valence-electron chi connectivity index (χ3n) is 3.91. The van der Waals surface area contributed by atoms with Crippen LogP contribution in [0.1, 0.15) is 11.1 Å². The van der Waals surface area contributed by atoms with Crippen molar-refractivity contribution >= 4 is 34.3 Å². The van der Waals surface area contributed by atoms with Crippen LogP contribution in [0.25, 0.3) is 22.9 Å². The summed E-state index contributed by atoms with van der Waals surface area (Å²) in [5.41, 5.74) is 0.335. The molecule has 0 aliphatic heterocycles. The van der Waals surface area contributed by atoms with Gasteiger partial charge in [0, 0.05) is 12.1 Å². The number of nitrogens with zero attached hydrogens (tertiary/aromatic N) is 2. The number of nitro benzene ring substituents is 2. The van der Waals surface area contributed by atoms with Crippen molar-refractivity contribution < 1.29 is 14.6 Å². The molecule has 3 aromatic rings. The van der Waals surface area contributed by atoms with Gasteiger partial charge in [-0.25, -0.2) is 0 Å². The molecule has 130 valence electrons. The van der Waals surface area contributed by atoms with Gasteiger partial charge in [0.2, 0.25) is 0 Å². The molecule has 7 heteroatoms. The predicted octanol–water partition coefficient (Wildman–Crippen LogP) is 4.84. The van der Waals surface area contributed by atoms with Crippen LogP contribution < -0.4 is 4.74 Å². The topological polar surface area (TPSA) is 95.5 Å². The maximum Gasteiger partial charge on any atom is 0.318 e. The fourth-order valence-corrected chi connectivity index (χ4v) is 2.70. The molecule has 3 aromatic carbocycles. The minimum Gasteiger partial charge on any atom is -0.485 e. The molecule has 26 heavy (non-hydrogen) atoms. The molecule has 0 N–H and O–H groups in total. The Balaban J connectivity index is 2.03. The predicted molar refractivity (Wildman–Crippen MR) is 99.2 cm³/mol. The van der Waals surface area contributed by atoms with Crippen LogP contribution in [0, 0.1) is 20.2 Å². The molecule has 0 aliphatic carbocycles. The molecular weight excluding hydrogens is 336 g/mol. The first-order chi connectivity index (χ1) is 12.5. The van der Waals surface area contributed by atoms with Crippen LogP contribution in [0.4, 0.5) is 11.4 Å². The lowest BCUT2D eigenvalue weighted by molar-refractivity contribution is -0.395. The molecule has 0 bridgehead atoms. The number of methoxy groups -OCH3 is 1. The molecule has 3 rings (SSSR count). The molecule has 0 fully saturated rings. The van der Waals surface area contributed by atoms with Gasteiger partial charge in [-0.2, -0.15) is 0 Å². The van der Waals surface area contributed by atoms with Gasteiger partial charge in [-0.3, -0.25) is 20.2 Å². The number of ether oxygens (including phenoxy) is 1. The fraction of sp³-hybridized carbons (Fsp3) is 0.0526. The Morgan fingerprint density at radius 1 is 0.808 bits per heavy atom. The number of fused-ring (bicyclic) bond motifs is 1. The van der Waals surface area contributed by atoms with Crippen molar-refractivity contribution in [1.82, 2.24) is 0 Å². The first kappa shape index (κ1) is 17.1. The number of nitro groups is 2. The van der Waals surface area contributed by atoms with Gasteiger partial charge in [0.15, 0.2) is 0 Å². The van der Waals surface area contributed by atoms with E-state index in [1.165, 1.54) is 19.2 Å². The van der Waals surface area contributed by atoms with Gasteiger partial charge in [0.05, 0.1) is 17.0 Å². The van der Waals surface area contributed by atoms with E-state index in [0.29, 0.717) is 5.56 Å². The largest absolute Gasteiger partial charge is 0.485 e. The quantitative estimate of drug-likeness (QED) is 0.373. The molecule has 0 unspecified atom stereocenters. The summed E-state index contributed by atoms with van der Waals surface area (Å²) >= 11 is 0. The van der Waals surface area contributed by atoms with Gasteiger partial charge in [-0.1, -0.05) is 48.6 Å². The highest BCUT2D eigenvalue weighted by Gasteiger charge is 2.27. The Hall–Kier alpha value is -3.74. The monoisotopic (exact) mass is 350 g/mol. The van der Waals surface area contributed by atoms with Crippen molar-refractivity contribution in [1.29, 1.82) is 0 Å². The highest BCUT2D eigenvalue weighted by molar-refractivity contribution is 5.86. The molecule has 0 radical (unpaired) electrons. The average Bonchev–Trinajstić information content (AvgIpc) is 2.65. The Labute approximate surface area is 148 Å². The van der Waals surface area contributed by atoms with Gasteiger partial charge in [-0.15, -0.1) is 0 Å². The van der Waals surface area contributed by atoms with Crippen molar-refractivity contribution in [3.8, 4) is 5.75 Å². The van der Waals surface area contributed by atoms with Crippen LogP contribution >= 0.6 is 0 Å². The molecule has 0 saturated heterocycles. The molecule has 0 aliphatic rings. The molecule has 0 aromatic heterocycles. The summed E-state index contributed by atoms with van der Waals surface area (Å²) in [5.74, 6) is -0.358. The van der Waals surface area contributed by atoms with Crippen molar-refractivity contribution in [3.63, 3.8) is 0 Å². The van der Waals surface area contributed by atoms with E-state index >= 15 is 0 Å². The second-order valence-corrected chi connectivity index (χ2v) is 5.55. The summed E-state index contributed by atoms with van der Waals surface area (Å²) in [5, 5.41) is 24.6. The Morgan fingerprint density at radius 2 is 1.38 bits per heavy atom. The van der Waals surface area contributed by atoms with E-state index in [9.17, 15) is 20.2 Å². The summed E-state index contributed by atoms with van der Waals surface area (Å²) in [6.45, 7) is 0. The van der Waals surface area contributed by atoms with Crippen molar-refractivity contribution in [2.75, 3.05) is 7.11 Å². The lowest BCUT2D eigenvalue weighted by atomic mass is 10.1.